The summed E-state index contributed by atoms with van der Waals surface area (Å²) in [6.45, 7) is 0. The smallest absolute Gasteiger partial charge is 0.201 e. The Labute approximate surface area is 117 Å². The Hall–Kier alpha value is -1.70. The molecule has 6 nitrogen and oxygen atoms in total. The Morgan fingerprint density at radius 2 is 1.90 bits per heavy atom. The summed E-state index contributed by atoms with van der Waals surface area (Å²) in [5.74, 6) is 0.0852. The first-order valence-electron chi connectivity index (χ1n) is 5.76. The lowest BCUT2D eigenvalue weighted by Gasteiger charge is -2.25. The minimum Gasteiger partial charge on any atom is -0.352 e. The molecule has 0 saturated heterocycles. The van der Waals surface area contributed by atoms with Crippen LogP contribution in [-0.2, 0) is 4.79 Å². The van der Waals surface area contributed by atoms with Crippen molar-refractivity contribution in [3.8, 4) is 0 Å². The highest BCUT2D eigenvalue weighted by Crippen LogP contribution is 2.29. The highest BCUT2D eigenvalue weighted by Gasteiger charge is 2.22. The Morgan fingerprint density at radius 3 is 2.60 bits per heavy atom. The van der Waals surface area contributed by atoms with E-state index in [1.807, 2.05) is 18.2 Å². The van der Waals surface area contributed by atoms with Gasteiger partial charge in [-0.2, -0.15) is 14.0 Å². The van der Waals surface area contributed by atoms with Crippen LogP contribution in [0, 0.1) is 10.2 Å². The van der Waals surface area contributed by atoms with E-state index >= 15 is 0 Å². The molecule has 3 rings (SSSR count). The second-order valence-corrected chi connectivity index (χ2v) is 5.07. The number of dihydropyridines is 1. The predicted octanol–water partition coefficient (Wildman–Crippen LogP) is -1.98. The molecule has 7 heteroatoms. The van der Waals surface area contributed by atoms with Crippen LogP contribution >= 0.6 is 0 Å². The molecule has 0 atom stereocenters. The van der Waals surface area contributed by atoms with Crippen LogP contribution in [0.15, 0.2) is 59.0 Å². The van der Waals surface area contributed by atoms with Crippen molar-refractivity contribution in [3.05, 3.63) is 59.0 Å². The van der Waals surface area contributed by atoms with Gasteiger partial charge in [0.05, 0.1) is 20.6 Å². The van der Waals surface area contributed by atoms with Gasteiger partial charge in [0.2, 0.25) is 5.78 Å². The zero-order valence-corrected chi connectivity index (χ0v) is 11.1. The fraction of sp³-hybridized carbons (Fsp3) is 0.154. The number of fused-ring (bicyclic) bond motifs is 1. The van der Waals surface area contributed by atoms with E-state index in [4.69, 9.17) is 18.6 Å². The van der Waals surface area contributed by atoms with Gasteiger partial charge in [-0.3, -0.25) is 4.79 Å². The van der Waals surface area contributed by atoms with Crippen molar-refractivity contribution in [2.24, 2.45) is 0 Å². The second kappa shape index (κ2) is 5.74. The molecule has 0 saturated carbocycles. The van der Waals surface area contributed by atoms with Gasteiger partial charge >= 0.3 is 0 Å². The molecule has 0 aromatic carbocycles. The van der Waals surface area contributed by atoms with Crippen LogP contribution in [0.2, 0.25) is 0 Å². The number of ketones is 1. The Bertz CT molecular complexity index is 572. The van der Waals surface area contributed by atoms with Gasteiger partial charge in [0.15, 0.2) is 0 Å². The molecular formula is C13H12ClNO5. The van der Waals surface area contributed by atoms with Crippen LogP contribution in [0.5, 0.6) is 0 Å². The van der Waals surface area contributed by atoms with E-state index in [-0.39, 0.29) is 5.78 Å². The third kappa shape index (κ3) is 3.89. The number of rotatable bonds is 0. The maximum atomic E-state index is 11.6. The molecule has 0 unspecified atom stereocenters. The van der Waals surface area contributed by atoms with Crippen molar-refractivity contribution in [1.82, 2.24) is 5.32 Å². The molecule has 1 aliphatic heterocycles. The molecule has 0 spiro atoms. The summed E-state index contributed by atoms with van der Waals surface area (Å²) in [5.41, 5.74) is 4.21. The Morgan fingerprint density at radius 1 is 1.20 bits per heavy atom. The van der Waals surface area contributed by atoms with E-state index in [1.165, 1.54) is 5.57 Å². The third-order valence-corrected chi connectivity index (χ3v) is 2.87. The predicted molar refractivity (Wildman–Crippen MR) is 61.1 cm³/mol. The summed E-state index contributed by atoms with van der Waals surface area (Å²) < 4.78 is 32.7. The van der Waals surface area contributed by atoms with Crippen LogP contribution in [-0.4, -0.2) is 10.4 Å². The van der Waals surface area contributed by atoms with E-state index in [1.54, 1.807) is 6.08 Å². The molecule has 0 fully saturated rings. The van der Waals surface area contributed by atoms with E-state index in [0.717, 1.165) is 29.8 Å². The maximum Gasteiger partial charge on any atom is 0.201 e. The van der Waals surface area contributed by atoms with Gasteiger partial charge in [0.1, 0.15) is 0 Å². The highest BCUT2D eigenvalue weighted by molar-refractivity contribution is 6.06. The molecule has 0 bridgehead atoms. The summed E-state index contributed by atoms with van der Waals surface area (Å²) in [6, 6.07) is 0. The Balaban J connectivity index is 0.000000257. The molecule has 20 heavy (non-hydrogen) atoms. The van der Waals surface area contributed by atoms with Crippen molar-refractivity contribution < 1.29 is 33.7 Å². The van der Waals surface area contributed by atoms with E-state index < -0.39 is 10.2 Å². The number of halogens is 1. The number of hydrogen-bond donors (Lipinski definition) is 2. The number of hydrogen-bond acceptors (Lipinski definition) is 6. The quantitative estimate of drug-likeness (QED) is 0.535. The topological polar surface area (TPSA) is 119 Å². The lowest BCUT2D eigenvalue weighted by molar-refractivity contribution is -1.92. The van der Waals surface area contributed by atoms with Gasteiger partial charge in [-0.15, -0.1) is 0 Å². The zero-order valence-electron chi connectivity index (χ0n) is 10.3. The van der Waals surface area contributed by atoms with Crippen LogP contribution < -0.4 is 19.3 Å². The first-order valence-corrected chi connectivity index (χ1v) is 7.03. The first kappa shape index (κ1) is 14.7. The van der Waals surface area contributed by atoms with Gasteiger partial charge in [-0.25, -0.2) is 0 Å². The largest absolute Gasteiger partial charge is 0.352 e. The van der Waals surface area contributed by atoms with Crippen molar-refractivity contribution in [3.63, 3.8) is 0 Å². The van der Waals surface area contributed by atoms with Gasteiger partial charge < -0.3 is 5.32 Å². The lowest BCUT2D eigenvalue weighted by atomic mass is 9.91. The summed E-state index contributed by atoms with van der Waals surface area (Å²) >= 11 is 0. The van der Waals surface area contributed by atoms with Crippen molar-refractivity contribution >= 4 is 5.78 Å². The summed E-state index contributed by atoms with van der Waals surface area (Å²) in [7, 11) is -4.69. The van der Waals surface area contributed by atoms with E-state index in [0.29, 0.717) is 0 Å². The summed E-state index contributed by atoms with van der Waals surface area (Å²) in [5, 5.41) is 3.23. The van der Waals surface area contributed by atoms with Crippen LogP contribution in [0.3, 0.4) is 0 Å². The summed E-state index contributed by atoms with van der Waals surface area (Å²) in [4.78, 5) is 11.6. The number of allylic oxidation sites excluding steroid dienone is 8. The number of carbonyl (C=O) groups excluding carboxylic acids is 1. The standard InChI is InChI=1S/C13H11NO.ClHO4/c15-12-7-3-5-10-8-9-4-1-2-6-11(9)14-13(10)12;2-1(3,4)5/h1-3,6-8,14H,4-5H2;(H,2,3,4,5). The van der Waals surface area contributed by atoms with Gasteiger partial charge in [-0.05, 0) is 36.1 Å². The van der Waals surface area contributed by atoms with Crippen LogP contribution in [0.1, 0.15) is 12.8 Å². The molecule has 0 radical (unpaired) electrons. The minimum absolute atomic E-state index is 0.0852. The minimum atomic E-state index is -4.69. The molecule has 1 heterocycles. The molecule has 2 N–H and O–H groups in total. The van der Waals surface area contributed by atoms with Crippen molar-refractivity contribution in [2.45, 2.75) is 12.8 Å². The fourth-order valence-electron chi connectivity index (χ4n) is 2.09. The Kier molecular flexibility index (Phi) is 4.22. The highest BCUT2D eigenvalue weighted by atomic mass is 35.7. The monoisotopic (exact) mass is 297 g/mol. The molecular weight excluding hydrogens is 286 g/mol. The normalized spacial score (nSPS) is 20.1. The van der Waals surface area contributed by atoms with Crippen LogP contribution in [0.4, 0.5) is 0 Å². The van der Waals surface area contributed by atoms with E-state index in [9.17, 15) is 4.79 Å². The number of carbonyl (C=O) groups is 1. The van der Waals surface area contributed by atoms with Crippen LogP contribution in [0.25, 0.3) is 0 Å². The average Bonchev–Trinajstić information content (AvgIpc) is 2.35. The summed E-state index contributed by atoms with van der Waals surface area (Å²) in [6.07, 6.45) is 13.7. The van der Waals surface area contributed by atoms with E-state index in [2.05, 4.69) is 17.5 Å². The number of nitrogens with one attached hydrogen (secondary N) is 1. The molecule has 0 amide bonds. The first-order chi connectivity index (χ1) is 9.34. The molecule has 0 aromatic heterocycles. The fourth-order valence-corrected chi connectivity index (χ4v) is 2.09. The molecule has 106 valence electrons. The van der Waals surface area contributed by atoms with Gasteiger partial charge in [0, 0.05) is 5.70 Å². The maximum absolute atomic E-state index is 11.6. The average molecular weight is 298 g/mol. The van der Waals surface area contributed by atoms with Crippen molar-refractivity contribution in [1.29, 1.82) is 0 Å². The molecule has 3 aliphatic rings. The molecule has 2 aliphatic carbocycles. The SMILES string of the molecule is O=C1C=CCC2=C1NC1=CC=CCC1=C2.[O-][Cl+3]([O-])([O-])O. The second-order valence-electron chi connectivity index (χ2n) is 4.27. The molecule has 0 aromatic rings. The van der Waals surface area contributed by atoms with Crippen molar-refractivity contribution in [2.75, 3.05) is 0 Å². The van der Waals surface area contributed by atoms with Gasteiger partial charge in [0.25, 0.3) is 0 Å². The zero-order chi connectivity index (χ0) is 14.8. The lowest BCUT2D eigenvalue weighted by Crippen LogP contribution is -2.58. The third-order valence-electron chi connectivity index (χ3n) is 2.87. The van der Waals surface area contributed by atoms with Gasteiger partial charge in [-0.1, -0.05) is 24.3 Å².